The molecule has 23 heavy (non-hydrogen) atoms. The second-order valence-corrected chi connectivity index (χ2v) is 7.48. The van der Waals surface area contributed by atoms with E-state index >= 15 is 0 Å². The van der Waals surface area contributed by atoms with Gasteiger partial charge in [-0.15, -0.1) is 0 Å². The van der Waals surface area contributed by atoms with Crippen LogP contribution < -0.4 is 10.6 Å². The second-order valence-electron chi connectivity index (χ2n) is 7.48. The van der Waals surface area contributed by atoms with Crippen LogP contribution in [0.1, 0.15) is 47.5 Å². The van der Waals surface area contributed by atoms with Gasteiger partial charge in [-0.05, 0) is 30.6 Å². The Morgan fingerprint density at radius 3 is 2.04 bits per heavy atom. The molecule has 0 aromatic rings. The summed E-state index contributed by atoms with van der Waals surface area (Å²) in [5, 5.41) is 4.80. The van der Waals surface area contributed by atoms with Gasteiger partial charge in [-0.25, -0.2) is 4.79 Å². The number of nitrogens with one attached hydrogen (secondary N) is 2. The monoisotopic (exact) mass is 338 g/mol. The summed E-state index contributed by atoms with van der Waals surface area (Å²) in [6.07, 6.45) is -4.81. The first-order valence-corrected chi connectivity index (χ1v) is 7.55. The average Bonchev–Trinajstić information content (AvgIpc) is 2.54. The Hall–Kier alpha value is -1.47. The molecule has 8 heteroatoms. The number of carbonyl (C=O) groups excluding carboxylic acids is 2. The third kappa shape index (κ3) is 5.58. The van der Waals surface area contributed by atoms with E-state index < -0.39 is 25.0 Å². The Labute approximate surface area is 134 Å². The third-order valence-electron chi connectivity index (χ3n) is 4.30. The van der Waals surface area contributed by atoms with Gasteiger partial charge >= 0.3 is 12.3 Å². The van der Waals surface area contributed by atoms with Crippen LogP contribution in [0.25, 0.3) is 0 Å². The van der Waals surface area contributed by atoms with Crippen LogP contribution in [0.15, 0.2) is 0 Å². The summed E-state index contributed by atoms with van der Waals surface area (Å²) < 4.78 is 39.9. The predicted molar refractivity (Wildman–Crippen MR) is 78.4 cm³/mol. The van der Waals surface area contributed by atoms with Crippen molar-refractivity contribution >= 4 is 12.0 Å². The van der Waals surface area contributed by atoms with E-state index in [9.17, 15) is 22.8 Å². The molecular formula is C15H25F3N2O3. The highest BCUT2D eigenvalue weighted by Gasteiger charge is 2.50. The highest BCUT2D eigenvalue weighted by molar-refractivity contribution is 5.81. The SMILES string of the molecule is C[C@@H](NC(=O)OCC(F)(F)F)NC(=O)C1C(C)(C)CCC1(C)C. The quantitative estimate of drug-likeness (QED) is 0.774. The summed E-state index contributed by atoms with van der Waals surface area (Å²) in [6, 6.07) is 0. The number of halogens is 3. The van der Waals surface area contributed by atoms with E-state index in [1.807, 2.05) is 27.7 Å². The number of alkyl halides is 3. The number of carbonyl (C=O) groups is 2. The Kier molecular flexibility index (Phi) is 5.59. The summed E-state index contributed by atoms with van der Waals surface area (Å²) in [6.45, 7) is 7.87. The number of hydrogen-bond acceptors (Lipinski definition) is 3. The van der Waals surface area contributed by atoms with Crippen molar-refractivity contribution in [1.29, 1.82) is 0 Å². The number of ether oxygens (including phenoxy) is 1. The van der Waals surface area contributed by atoms with E-state index in [2.05, 4.69) is 15.4 Å². The molecule has 1 atom stereocenters. The molecule has 1 fully saturated rings. The molecule has 1 saturated carbocycles. The first kappa shape index (κ1) is 19.6. The average molecular weight is 338 g/mol. The molecule has 0 unspecified atom stereocenters. The summed E-state index contributed by atoms with van der Waals surface area (Å²) in [5.74, 6) is -0.466. The number of amides is 2. The van der Waals surface area contributed by atoms with Crippen molar-refractivity contribution in [3.05, 3.63) is 0 Å². The first-order valence-electron chi connectivity index (χ1n) is 7.55. The summed E-state index contributed by atoms with van der Waals surface area (Å²) in [5.41, 5.74) is -0.353. The Balaban J connectivity index is 2.55. The minimum absolute atomic E-state index is 0.176. The van der Waals surface area contributed by atoms with Gasteiger partial charge in [-0.1, -0.05) is 27.7 Å². The summed E-state index contributed by atoms with van der Waals surface area (Å²) in [7, 11) is 0. The number of hydrogen-bond donors (Lipinski definition) is 2. The topological polar surface area (TPSA) is 67.4 Å². The third-order valence-corrected chi connectivity index (χ3v) is 4.30. The fourth-order valence-corrected chi connectivity index (χ4v) is 3.40. The van der Waals surface area contributed by atoms with E-state index in [-0.39, 0.29) is 22.7 Å². The lowest BCUT2D eigenvalue weighted by molar-refractivity contribution is -0.160. The molecule has 0 radical (unpaired) electrons. The van der Waals surface area contributed by atoms with Gasteiger partial charge in [-0.2, -0.15) is 13.2 Å². The number of rotatable bonds is 4. The lowest BCUT2D eigenvalue weighted by Crippen LogP contribution is -2.51. The van der Waals surface area contributed by atoms with Gasteiger partial charge < -0.3 is 15.4 Å². The Bertz CT molecular complexity index is 445. The molecule has 1 aliphatic rings. The molecule has 0 saturated heterocycles. The number of alkyl carbamates (subject to hydrolysis) is 1. The molecule has 0 heterocycles. The highest BCUT2D eigenvalue weighted by atomic mass is 19.4. The van der Waals surface area contributed by atoms with Crippen molar-refractivity contribution in [3.8, 4) is 0 Å². The fourth-order valence-electron chi connectivity index (χ4n) is 3.40. The maximum absolute atomic E-state index is 12.5. The summed E-state index contributed by atoms with van der Waals surface area (Å²) >= 11 is 0. The van der Waals surface area contributed by atoms with Crippen molar-refractivity contribution in [2.45, 2.75) is 59.8 Å². The molecule has 2 N–H and O–H groups in total. The van der Waals surface area contributed by atoms with E-state index in [4.69, 9.17) is 0 Å². The van der Waals surface area contributed by atoms with Crippen LogP contribution in [0.3, 0.4) is 0 Å². The largest absolute Gasteiger partial charge is 0.440 e. The molecule has 134 valence electrons. The molecule has 0 aromatic heterocycles. The van der Waals surface area contributed by atoms with Crippen molar-refractivity contribution in [2.24, 2.45) is 16.7 Å². The molecule has 5 nitrogen and oxygen atoms in total. The maximum Gasteiger partial charge on any atom is 0.422 e. The van der Waals surface area contributed by atoms with Crippen molar-refractivity contribution in [2.75, 3.05) is 6.61 Å². The molecule has 1 rings (SSSR count). The van der Waals surface area contributed by atoms with Gasteiger partial charge in [0.15, 0.2) is 6.61 Å². The zero-order valence-electron chi connectivity index (χ0n) is 14.1. The predicted octanol–water partition coefficient (Wildman–Crippen LogP) is 3.20. The molecule has 0 bridgehead atoms. The molecular weight excluding hydrogens is 313 g/mol. The van der Waals surface area contributed by atoms with Crippen LogP contribution in [-0.4, -0.2) is 30.9 Å². The van der Waals surface area contributed by atoms with Gasteiger partial charge in [-0.3, -0.25) is 4.79 Å². The van der Waals surface area contributed by atoms with Crippen LogP contribution in [0.4, 0.5) is 18.0 Å². The second kappa shape index (κ2) is 6.57. The first-order chi connectivity index (χ1) is 10.2. The standard InChI is InChI=1S/C15H25F3N2O3/c1-9(20-12(22)23-8-15(16,17)18)19-11(21)10-13(2,3)6-7-14(10,4)5/h9-10H,6-8H2,1-5H3,(H,19,21)(H,20,22)/t9-/m1/s1. The van der Waals surface area contributed by atoms with E-state index in [0.29, 0.717) is 0 Å². The zero-order valence-corrected chi connectivity index (χ0v) is 14.1. The fraction of sp³-hybridized carbons (Fsp3) is 0.867. The van der Waals surface area contributed by atoms with Crippen LogP contribution in [0.2, 0.25) is 0 Å². The van der Waals surface area contributed by atoms with Gasteiger partial charge in [0, 0.05) is 5.92 Å². The van der Waals surface area contributed by atoms with Crippen LogP contribution in [0.5, 0.6) is 0 Å². The van der Waals surface area contributed by atoms with Gasteiger partial charge in [0.1, 0.15) is 6.17 Å². The van der Waals surface area contributed by atoms with Crippen LogP contribution in [-0.2, 0) is 9.53 Å². The molecule has 0 aliphatic heterocycles. The minimum atomic E-state index is -4.58. The van der Waals surface area contributed by atoms with Crippen molar-refractivity contribution in [1.82, 2.24) is 10.6 Å². The lowest BCUT2D eigenvalue weighted by atomic mass is 9.72. The van der Waals surface area contributed by atoms with E-state index in [1.165, 1.54) is 6.92 Å². The van der Waals surface area contributed by atoms with Crippen LogP contribution in [0, 0.1) is 16.7 Å². The minimum Gasteiger partial charge on any atom is -0.440 e. The van der Waals surface area contributed by atoms with E-state index in [1.54, 1.807) is 0 Å². The highest BCUT2D eigenvalue weighted by Crippen LogP contribution is 2.53. The Morgan fingerprint density at radius 1 is 1.13 bits per heavy atom. The summed E-state index contributed by atoms with van der Waals surface area (Å²) in [4.78, 5) is 23.8. The lowest BCUT2D eigenvalue weighted by Gasteiger charge is -2.34. The molecule has 2 amide bonds. The van der Waals surface area contributed by atoms with Gasteiger partial charge in [0.05, 0.1) is 0 Å². The van der Waals surface area contributed by atoms with Crippen molar-refractivity contribution < 1.29 is 27.5 Å². The van der Waals surface area contributed by atoms with Gasteiger partial charge in [0.25, 0.3) is 0 Å². The smallest absolute Gasteiger partial charge is 0.422 e. The van der Waals surface area contributed by atoms with E-state index in [0.717, 1.165) is 12.8 Å². The molecule has 1 aliphatic carbocycles. The van der Waals surface area contributed by atoms with Crippen molar-refractivity contribution in [3.63, 3.8) is 0 Å². The van der Waals surface area contributed by atoms with Gasteiger partial charge in [0.2, 0.25) is 5.91 Å². The molecule has 0 spiro atoms. The van der Waals surface area contributed by atoms with Crippen LogP contribution >= 0.6 is 0 Å². The normalized spacial score (nSPS) is 21.6. The maximum atomic E-state index is 12.5. The molecule has 0 aromatic carbocycles. The zero-order chi connectivity index (χ0) is 18.1. The Morgan fingerprint density at radius 2 is 1.61 bits per heavy atom.